The Balaban J connectivity index is 2.10. The number of rotatable bonds is 2. The van der Waals surface area contributed by atoms with Crippen LogP contribution in [0.3, 0.4) is 0 Å². The highest BCUT2D eigenvalue weighted by Crippen LogP contribution is 2.29. The molecule has 1 aromatic heterocycles. The summed E-state index contributed by atoms with van der Waals surface area (Å²) >= 11 is 0. The summed E-state index contributed by atoms with van der Waals surface area (Å²) in [4.78, 5) is 0. The van der Waals surface area contributed by atoms with Crippen molar-refractivity contribution in [2.75, 3.05) is 20.2 Å². The highest BCUT2D eigenvalue weighted by Gasteiger charge is 2.26. The van der Waals surface area contributed by atoms with Crippen LogP contribution in [0.25, 0.3) is 10.9 Å². The largest absolute Gasteiger partial charge is 0.368 e. The second kappa shape index (κ2) is 4.10. The second-order valence-electron chi connectivity index (χ2n) is 4.52. The second-order valence-corrected chi connectivity index (χ2v) is 4.52. The van der Waals surface area contributed by atoms with Crippen LogP contribution in [0.5, 0.6) is 0 Å². The normalized spacial score (nSPS) is 19.8. The predicted molar refractivity (Wildman–Crippen MR) is 63.9 cm³/mol. The van der Waals surface area contributed by atoms with E-state index in [1.807, 2.05) is 30.3 Å². The van der Waals surface area contributed by atoms with E-state index in [1.165, 1.54) is 11.1 Å². The van der Waals surface area contributed by atoms with Crippen LogP contribution in [-0.2, 0) is 11.3 Å². The van der Waals surface area contributed by atoms with Crippen molar-refractivity contribution in [2.24, 2.45) is 0 Å². The molecule has 0 aliphatic carbocycles. The van der Waals surface area contributed by atoms with Crippen LogP contribution in [0.2, 0.25) is 0 Å². The van der Waals surface area contributed by atoms with Gasteiger partial charge in [-0.1, -0.05) is 18.2 Å². The highest BCUT2D eigenvalue weighted by molar-refractivity contribution is 5.82. The van der Waals surface area contributed by atoms with Crippen molar-refractivity contribution in [3.63, 3.8) is 0 Å². The average molecular weight is 233 g/mol. The summed E-state index contributed by atoms with van der Waals surface area (Å²) in [5, 5.41) is 7.71. The monoisotopic (exact) mass is 233 g/mol. The Morgan fingerprint density at radius 2 is 2.35 bits per heavy atom. The maximum Gasteiger partial charge on any atom is 0.118 e. The molecule has 1 atom stereocenters. The number of fused-ring (bicyclic) bond motifs is 3. The maximum atomic E-state index is 5.84. The molecule has 1 aromatic carbocycles. The van der Waals surface area contributed by atoms with Crippen LogP contribution >= 0.6 is 0 Å². The first kappa shape index (κ1) is 10.7. The third-order valence-corrected chi connectivity index (χ3v) is 3.09. The number of likely N-dealkylation sites (N-methyl/N-ethyl adjacent to an activating group) is 1. The van der Waals surface area contributed by atoms with Gasteiger partial charge in [-0.25, -0.2) is 0 Å². The Morgan fingerprint density at radius 1 is 1.53 bits per heavy atom. The van der Waals surface area contributed by atoms with Crippen molar-refractivity contribution in [3.8, 4) is 0 Å². The topological polar surface area (TPSA) is 57.9 Å². The lowest BCUT2D eigenvalue weighted by molar-refractivity contribution is -0.569. The molecule has 90 valence electrons. The summed E-state index contributed by atoms with van der Waals surface area (Å²) in [7, 11) is 1.96. The molecular weight excluding hydrogens is 216 g/mol. The predicted octanol–water partition coefficient (Wildman–Crippen LogP) is 0.196. The minimum absolute atomic E-state index is 0.0682. The van der Waals surface area contributed by atoms with Crippen molar-refractivity contribution < 1.29 is 10.6 Å². The average Bonchev–Trinajstić information content (AvgIpc) is 2.67. The molecule has 5 heteroatoms. The standard InChI is InChI=1S/C12H16N4O/c1-15(13)8-11-12-9-4-2-3-5-10(9)14-16(12)6-7-17-11/h2-5,11H,6-8,13H2,1H3/p+1/t11-/m0/s1. The number of ether oxygens (including phenoxy) is 1. The molecule has 0 unspecified atom stereocenters. The zero-order valence-electron chi connectivity index (χ0n) is 9.97. The van der Waals surface area contributed by atoms with Crippen molar-refractivity contribution in [1.82, 2.24) is 14.8 Å². The number of quaternary nitrogens is 1. The van der Waals surface area contributed by atoms with E-state index >= 15 is 0 Å². The van der Waals surface area contributed by atoms with E-state index in [0.29, 0.717) is 0 Å². The zero-order valence-corrected chi connectivity index (χ0v) is 9.97. The molecule has 0 radical (unpaired) electrons. The zero-order chi connectivity index (χ0) is 11.8. The van der Waals surface area contributed by atoms with Crippen LogP contribution in [0.15, 0.2) is 24.3 Å². The summed E-state index contributed by atoms with van der Waals surface area (Å²) in [5.41, 5.74) is 2.23. The molecule has 0 spiro atoms. The van der Waals surface area contributed by atoms with Crippen molar-refractivity contribution >= 4 is 10.9 Å². The van der Waals surface area contributed by atoms with Gasteiger partial charge in [0.1, 0.15) is 6.10 Å². The maximum absolute atomic E-state index is 5.84. The van der Waals surface area contributed by atoms with Gasteiger partial charge < -0.3 is 4.74 Å². The number of benzene rings is 1. The van der Waals surface area contributed by atoms with Crippen molar-refractivity contribution in [2.45, 2.75) is 12.6 Å². The van der Waals surface area contributed by atoms with Gasteiger partial charge in [-0.05, 0) is 6.07 Å². The van der Waals surface area contributed by atoms with Crippen molar-refractivity contribution in [1.29, 1.82) is 0 Å². The molecule has 2 aromatic rings. The van der Waals surface area contributed by atoms with Gasteiger partial charge in [-0.15, -0.1) is 0 Å². The molecular formula is C12H17N4O+. The summed E-state index contributed by atoms with van der Waals surface area (Å²) in [5.74, 6) is 3.89. The first-order valence-corrected chi connectivity index (χ1v) is 5.84. The van der Waals surface area contributed by atoms with E-state index in [4.69, 9.17) is 4.74 Å². The first-order valence-electron chi connectivity index (χ1n) is 5.84. The van der Waals surface area contributed by atoms with E-state index in [2.05, 4.69) is 21.7 Å². The number of nitrogens with zero attached hydrogens (tertiary/aromatic N) is 3. The summed E-state index contributed by atoms with van der Waals surface area (Å²) < 4.78 is 7.91. The van der Waals surface area contributed by atoms with E-state index in [0.717, 1.165) is 25.2 Å². The quantitative estimate of drug-likeness (QED) is 0.754. The van der Waals surface area contributed by atoms with E-state index in [1.54, 1.807) is 0 Å². The van der Waals surface area contributed by atoms with E-state index in [-0.39, 0.29) is 6.10 Å². The Bertz CT molecular complexity index is 534. The highest BCUT2D eigenvalue weighted by atomic mass is 16.5. The van der Waals surface area contributed by atoms with Crippen molar-refractivity contribution in [3.05, 3.63) is 30.0 Å². The molecule has 3 N–H and O–H groups in total. The summed E-state index contributed by atoms with van der Waals surface area (Å²) in [6.07, 6.45) is 0.0682. The molecule has 5 nitrogen and oxygen atoms in total. The van der Waals surface area contributed by atoms with Gasteiger partial charge in [0.05, 0.1) is 30.9 Å². The number of aromatic nitrogens is 2. The van der Waals surface area contributed by atoms with Gasteiger partial charge in [-0.3, -0.25) is 10.5 Å². The Labute approximate surface area is 99.7 Å². The molecule has 0 saturated carbocycles. The SMILES string of the molecule is CN([NH3+])C[C@@H]1OCCn2nc3ccccc3c21. The third-order valence-electron chi connectivity index (χ3n) is 3.09. The van der Waals surface area contributed by atoms with Gasteiger partial charge in [0.2, 0.25) is 0 Å². The molecule has 3 rings (SSSR count). The van der Waals surface area contributed by atoms with E-state index in [9.17, 15) is 0 Å². The number of hydrogen-bond donors (Lipinski definition) is 1. The molecule has 0 bridgehead atoms. The smallest absolute Gasteiger partial charge is 0.118 e. The van der Waals surface area contributed by atoms with Gasteiger partial charge in [0.15, 0.2) is 0 Å². The lowest BCUT2D eigenvalue weighted by atomic mass is 10.1. The van der Waals surface area contributed by atoms with Crippen LogP contribution in [-0.4, -0.2) is 35.0 Å². The summed E-state index contributed by atoms with van der Waals surface area (Å²) in [6, 6.07) is 8.22. The summed E-state index contributed by atoms with van der Waals surface area (Å²) in [6.45, 7) is 2.34. The third kappa shape index (κ3) is 1.82. The fourth-order valence-corrected chi connectivity index (χ4v) is 2.39. The first-order chi connectivity index (χ1) is 8.25. The minimum atomic E-state index is 0.0682. The molecule has 2 heterocycles. The van der Waals surface area contributed by atoms with Crippen LogP contribution in [0.4, 0.5) is 0 Å². The molecule has 17 heavy (non-hydrogen) atoms. The lowest BCUT2D eigenvalue weighted by Gasteiger charge is -2.25. The Morgan fingerprint density at radius 3 is 3.18 bits per heavy atom. The van der Waals surface area contributed by atoms with Crippen LogP contribution in [0.1, 0.15) is 11.8 Å². The molecule has 0 saturated heterocycles. The fraction of sp³-hybridized carbons (Fsp3) is 0.417. The van der Waals surface area contributed by atoms with Gasteiger partial charge in [0, 0.05) is 12.4 Å². The van der Waals surface area contributed by atoms with E-state index < -0.39 is 0 Å². The van der Waals surface area contributed by atoms with Gasteiger partial charge in [-0.2, -0.15) is 10.1 Å². The van der Waals surface area contributed by atoms with Gasteiger partial charge in [0.25, 0.3) is 0 Å². The fourth-order valence-electron chi connectivity index (χ4n) is 2.39. The molecule has 0 amide bonds. The van der Waals surface area contributed by atoms with Crippen LogP contribution < -0.4 is 5.84 Å². The minimum Gasteiger partial charge on any atom is -0.368 e. The molecule has 1 aliphatic heterocycles. The molecule has 0 fully saturated rings. The molecule has 1 aliphatic rings. The van der Waals surface area contributed by atoms with Crippen LogP contribution in [0, 0.1) is 0 Å². The lowest BCUT2D eigenvalue weighted by Crippen LogP contribution is -2.66. The Hall–Kier alpha value is -1.43. The number of hydrogen-bond acceptors (Lipinski definition) is 3. The van der Waals surface area contributed by atoms with Gasteiger partial charge >= 0.3 is 0 Å². The Kier molecular flexibility index (Phi) is 2.58.